The van der Waals surface area contributed by atoms with Crippen molar-refractivity contribution in [3.05, 3.63) is 52.0 Å². The topological polar surface area (TPSA) is 4.93 Å². The summed E-state index contributed by atoms with van der Waals surface area (Å²) in [5.41, 5.74) is 2.18. The quantitative estimate of drug-likeness (QED) is 0.736. The van der Waals surface area contributed by atoms with Crippen LogP contribution in [0.15, 0.2) is 35.1 Å². The molecular formula is C12H11BrFN. The number of hydrogen-bond acceptors (Lipinski definition) is 0. The predicted molar refractivity (Wildman–Crippen MR) is 62.9 cm³/mol. The van der Waals surface area contributed by atoms with Crippen LogP contribution in [0.2, 0.25) is 0 Å². The zero-order valence-corrected chi connectivity index (χ0v) is 10.2. The Hall–Kier alpha value is -1.09. The highest BCUT2D eigenvalue weighted by Crippen LogP contribution is 2.28. The van der Waals surface area contributed by atoms with Gasteiger partial charge in [0.15, 0.2) is 0 Å². The van der Waals surface area contributed by atoms with E-state index in [-0.39, 0.29) is 5.82 Å². The Balaban J connectivity index is 2.75. The molecular weight excluding hydrogens is 257 g/mol. The minimum Gasteiger partial charge on any atom is -0.321 e. The SMILES string of the molecule is Cc1cc(Br)c(C)c(-n2cccc2)c1F. The molecule has 1 heterocycles. The van der Waals surface area contributed by atoms with Crippen LogP contribution in [0.25, 0.3) is 5.69 Å². The second-order valence-electron chi connectivity index (χ2n) is 3.55. The van der Waals surface area contributed by atoms with Gasteiger partial charge in [-0.2, -0.15) is 0 Å². The van der Waals surface area contributed by atoms with Crippen LogP contribution >= 0.6 is 15.9 Å². The normalized spacial score (nSPS) is 10.7. The van der Waals surface area contributed by atoms with Gasteiger partial charge in [-0.3, -0.25) is 0 Å². The minimum absolute atomic E-state index is 0.160. The van der Waals surface area contributed by atoms with Crippen LogP contribution in [0.4, 0.5) is 4.39 Å². The molecule has 0 atom stereocenters. The molecule has 0 bridgehead atoms. The average molecular weight is 268 g/mol. The van der Waals surface area contributed by atoms with Gasteiger partial charge in [0.2, 0.25) is 0 Å². The zero-order chi connectivity index (χ0) is 11.0. The van der Waals surface area contributed by atoms with Crippen molar-refractivity contribution in [3.63, 3.8) is 0 Å². The maximum absolute atomic E-state index is 14.0. The molecule has 0 unspecified atom stereocenters. The van der Waals surface area contributed by atoms with Crippen molar-refractivity contribution < 1.29 is 4.39 Å². The second-order valence-corrected chi connectivity index (χ2v) is 4.41. The van der Waals surface area contributed by atoms with Crippen molar-refractivity contribution in [2.24, 2.45) is 0 Å². The van der Waals surface area contributed by atoms with Crippen LogP contribution in [-0.4, -0.2) is 4.57 Å². The van der Waals surface area contributed by atoms with Crippen molar-refractivity contribution in [1.29, 1.82) is 0 Å². The summed E-state index contributed by atoms with van der Waals surface area (Å²) in [4.78, 5) is 0. The lowest BCUT2D eigenvalue weighted by molar-refractivity contribution is 0.607. The summed E-state index contributed by atoms with van der Waals surface area (Å²) in [6, 6.07) is 5.57. The van der Waals surface area contributed by atoms with Gasteiger partial charge in [-0.05, 0) is 43.2 Å². The molecule has 0 N–H and O–H groups in total. The van der Waals surface area contributed by atoms with Gasteiger partial charge in [0.1, 0.15) is 5.82 Å². The monoisotopic (exact) mass is 267 g/mol. The molecule has 0 aliphatic rings. The third-order valence-corrected chi connectivity index (χ3v) is 3.30. The van der Waals surface area contributed by atoms with Crippen molar-refractivity contribution in [3.8, 4) is 5.69 Å². The molecule has 0 saturated heterocycles. The number of halogens is 2. The minimum atomic E-state index is -0.160. The van der Waals surface area contributed by atoms with Crippen molar-refractivity contribution in [1.82, 2.24) is 4.57 Å². The molecule has 0 saturated carbocycles. The maximum atomic E-state index is 14.0. The molecule has 78 valence electrons. The fourth-order valence-electron chi connectivity index (χ4n) is 1.62. The first-order chi connectivity index (χ1) is 7.11. The number of hydrogen-bond donors (Lipinski definition) is 0. The van der Waals surface area contributed by atoms with Gasteiger partial charge >= 0.3 is 0 Å². The van der Waals surface area contributed by atoms with E-state index >= 15 is 0 Å². The third kappa shape index (κ3) is 1.72. The Labute approximate surface area is 96.7 Å². The Morgan fingerprint density at radius 2 is 1.80 bits per heavy atom. The number of benzene rings is 1. The summed E-state index contributed by atoms with van der Waals surface area (Å²) in [6.07, 6.45) is 3.69. The smallest absolute Gasteiger partial charge is 0.150 e. The third-order valence-electron chi connectivity index (χ3n) is 2.47. The second kappa shape index (κ2) is 3.81. The van der Waals surface area contributed by atoms with Crippen LogP contribution in [0.3, 0.4) is 0 Å². The summed E-state index contributed by atoms with van der Waals surface area (Å²) >= 11 is 3.44. The molecule has 3 heteroatoms. The lowest BCUT2D eigenvalue weighted by Gasteiger charge is -2.12. The number of rotatable bonds is 1. The van der Waals surface area contributed by atoms with E-state index in [0.29, 0.717) is 11.3 Å². The van der Waals surface area contributed by atoms with Gasteiger partial charge in [0, 0.05) is 16.9 Å². The van der Waals surface area contributed by atoms with Gasteiger partial charge in [0.25, 0.3) is 0 Å². The van der Waals surface area contributed by atoms with E-state index in [1.807, 2.05) is 31.5 Å². The summed E-state index contributed by atoms with van der Waals surface area (Å²) in [6.45, 7) is 3.68. The summed E-state index contributed by atoms with van der Waals surface area (Å²) < 4.78 is 16.7. The van der Waals surface area contributed by atoms with Crippen LogP contribution in [0.1, 0.15) is 11.1 Å². The van der Waals surface area contributed by atoms with Crippen LogP contribution in [-0.2, 0) is 0 Å². The van der Waals surface area contributed by atoms with Crippen LogP contribution in [0, 0.1) is 19.7 Å². The number of aromatic nitrogens is 1. The van der Waals surface area contributed by atoms with Crippen LogP contribution < -0.4 is 0 Å². The molecule has 1 nitrogen and oxygen atoms in total. The Morgan fingerprint density at radius 3 is 2.40 bits per heavy atom. The number of aryl methyl sites for hydroxylation is 1. The fourth-order valence-corrected chi connectivity index (χ4v) is 2.15. The highest BCUT2D eigenvalue weighted by molar-refractivity contribution is 9.10. The lowest BCUT2D eigenvalue weighted by Crippen LogP contribution is -2.01. The van der Waals surface area contributed by atoms with E-state index < -0.39 is 0 Å². The van der Waals surface area contributed by atoms with E-state index in [9.17, 15) is 4.39 Å². The molecule has 0 spiro atoms. The maximum Gasteiger partial charge on any atom is 0.150 e. The van der Waals surface area contributed by atoms with Gasteiger partial charge in [-0.1, -0.05) is 15.9 Å². The average Bonchev–Trinajstić information content (AvgIpc) is 2.69. The van der Waals surface area contributed by atoms with E-state index in [0.717, 1.165) is 10.0 Å². The fraction of sp³-hybridized carbons (Fsp3) is 0.167. The van der Waals surface area contributed by atoms with Gasteiger partial charge in [-0.25, -0.2) is 4.39 Å². The summed E-state index contributed by atoms with van der Waals surface area (Å²) in [5.74, 6) is -0.160. The molecule has 1 aromatic carbocycles. The van der Waals surface area contributed by atoms with Gasteiger partial charge < -0.3 is 4.57 Å². The van der Waals surface area contributed by atoms with E-state index in [1.54, 1.807) is 17.6 Å². The zero-order valence-electron chi connectivity index (χ0n) is 8.59. The van der Waals surface area contributed by atoms with E-state index in [1.165, 1.54) is 0 Å². The molecule has 15 heavy (non-hydrogen) atoms. The molecule has 2 rings (SSSR count). The predicted octanol–water partition coefficient (Wildman–Crippen LogP) is 4.00. The molecule has 0 radical (unpaired) electrons. The summed E-state index contributed by atoms with van der Waals surface area (Å²) in [7, 11) is 0. The first-order valence-electron chi connectivity index (χ1n) is 4.70. The highest BCUT2D eigenvalue weighted by atomic mass is 79.9. The standard InChI is InChI=1S/C12H11BrFN/c1-8-7-10(13)9(2)12(11(8)14)15-5-3-4-6-15/h3-7H,1-2H3. The first kappa shape index (κ1) is 10.4. The van der Waals surface area contributed by atoms with Crippen LogP contribution in [0.5, 0.6) is 0 Å². The summed E-state index contributed by atoms with van der Waals surface area (Å²) in [5, 5.41) is 0. The Morgan fingerprint density at radius 1 is 1.20 bits per heavy atom. The Bertz CT molecular complexity index is 463. The molecule has 0 aliphatic carbocycles. The van der Waals surface area contributed by atoms with Crippen molar-refractivity contribution in [2.45, 2.75) is 13.8 Å². The van der Waals surface area contributed by atoms with Crippen molar-refractivity contribution in [2.75, 3.05) is 0 Å². The molecule has 0 fully saturated rings. The number of nitrogens with zero attached hydrogens (tertiary/aromatic N) is 1. The largest absolute Gasteiger partial charge is 0.321 e. The first-order valence-corrected chi connectivity index (χ1v) is 5.49. The van der Waals surface area contributed by atoms with Gasteiger partial charge in [-0.15, -0.1) is 0 Å². The molecule has 1 aromatic heterocycles. The molecule has 0 aliphatic heterocycles. The van der Waals surface area contributed by atoms with E-state index in [4.69, 9.17) is 0 Å². The molecule has 2 aromatic rings. The van der Waals surface area contributed by atoms with Gasteiger partial charge in [0.05, 0.1) is 5.69 Å². The van der Waals surface area contributed by atoms with E-state index in [2.05, 4.69) is 15.9 Å². The highest BCUT2D eigenvalue weighted by Gasteiger charge is 2.12. The molecule has 0 amide bonds. The van der Waals surface area contributed by atoms with Crippen molar-refractivity contribution >= 4 is 15.9 Å². The lowest BCUT2D eigenvalue weighted by atomic mass is 10.1. The Kier molecular flexibility index (Phi) is 2.65.